The quantitative estimate of drug-likeness (QED) is 0.349. The maximum atomic E-state index is 12.1. The van der Waals surface area contributed by atoms with Gasteiger partial charge in [0.2, 0.25) is 0 Å². The Balaban J connectivity index is -0.000000336. The highest BCUT2D eigenvalue weighted by molar-refractivity contribution is 5.61. The average Bonchev–Trinajstić information content (AvgIpc) is 3.18. The van der Waals surface area contributed by atoms with Crippen LogP contribution in [0.1, 0.15) is 6.92 Å². The van der Waals surface area contributed by atoms with Gasteiger partial charge in [0.25, 0.3) is 0 Å². The van der Waals surface area contributed by atoms with E-state index >= 15 is 0 Å². The van der Waals surface area contributed by atoms with Crippen molar-refractivity contribution in [3.8, 4) is 0 Å². The third-order valence-electron chi connectivity index (χ3n) is 2.25. The zero-order valence-electron chi connectivity index (χ0n) is 16.5. The summed E-state index contributed by atoms with van der Waals surface area (Å²) in [5.74, 6) is -4.85. The molecule has 30 heavy (non-hydrogen) atoms. The van der Waals surface area contributed by atoms with Crippen molar-refractivity contribution in [3.05, 3.63) is 0 Å². The van der Waals surface area contributed by atoms with Gasteiger partial charge in [-0.3, -0.25) is 0 Å². The summed E-state index contributed by atoms with van der Waals surface area (Å²) in [6, 6.07) is 0. The molecule has 0 bridgehead atoms. The lowest BCUT2D eigenvalue weighted by molar-refractivity contribution is -0.361. The summed E-state index contributed by atoms with van der Waals surface area (Å²) < 4.78 is 97.0. The predicted molar refractivity (Wildman–Crippen MR) is 83.7 cm³/mol. The summed E-state index contributed by atoms with van der Waals surface area (Å²) in [5.41, 5.74) is 0. The topological polar surface area (TPSA) is 116 Å². The Morgan fingerprint density at radius 2 is 1.33 bits per heavy atom. The molecular weight excluding hydrogens is 442 g/mol. The molecule has 1 atom stereocenters. The van der Waals surface area contributed by atoms with E-state index in [2.05, 4.69) is 33.2 Å². The third-order valence-corrected chi connectivity index (χ3v) is 2.25. The van der Waals surface area contributed by atoms with Crippen molar-refractivity contribution in [2.24, 2.45) is 0 Å². The van der Waals surface area contributed by atoms with Crippen molar-refractivity contribution in [1.82, 2.24) is 0 Å². The number of carbonyl (C=O) groups excluding carboxylic acids is 3. The Hall–Kier alpha value is -2.65. The molecule has 0 spiro atoms. The molecule has 0 radical (unpaired) electrons. The number of rotatable bonds is 3. The molecule has 1 fully saturated rings. The van der Waals surface area contributed by atoms with Crippen LogP contribution in [0.25, 0.3) is 0 Å². The summed E-state index contributed by atoms with van der Waals surface area (Å²) in [7, 11) is 4.01. The van der Waals surface area contributed by atoms with Gasteiger partial charge in [-0.25, -0.2) is 23.2 Å². The first-order valence-electron chi connectivity index (χ1n) is 7.48. The number of hydrogen-bond donors (Lipinski definition) is 0. The summed E-state index contributed by atoms with van der Waals surface area (Å²) in [6.07, 6.45) is -11.8. The molecule has 0 aliphatic carbocycles. The molecule has 1 unspecified atom stereocenters. The standard InChI is InChI=1S/C4H4F6O.C4H8O3.C3H4O3.C3H6O3/c1-11-3(7,2(5)6)4(8,9)10;1-3-7-4(5)6-2;4-3-5-1-2-6-3;1-5-3(4)6-2/h2H,1H3;3H2,1-2H3;1-2H2;1-2H3. The average molecular weight is 464 g/mol. The van der Waals surface area contributed by atoms with Crippen LogP contribution in [0.2, 0.25) is 0 Å². The minimum Gasteiger partial charge on any atom is -0.438 e. The Morgan fingerprint density at radius 3 is 1.40 bits per heavy atom. The smallest absolute Gasteiger partial charge is 0.438 e. The van der Waals surface area contributed by atoms with Crippen LogP contribution >= 0.6 is 0 Å². The van der Waals surface area contributed by atoms with Crippen LogP contribution in [0.5, 0.6) is 0 Å². The Kier molecular flexibility index (Phi) is 18.4. The van der Waals surface area contributed by atoms with E-state index in [-0.39, 0.29) is 7.11 Å². The van der Waals surface area contributed by atoms with Crippen LogP contribution in [-0.2, 0) is 33.2 Å². The van der Waals surface area contributed by atoms with Crippen LogP contribution in [0.4, 0.5) is 40.7 Å². The second kappa shape index (κ2) is 17.2. The lowest BCUT2D eigenvalue weighted by Gasteiger charge is -2.24. The van der Waals surface area contributed by atoms with Crippen molar-refractivity contribution >= 4 is 18.5 Å². The SMILES string of the molecule is CCOC(=O)OC.COC(=O)OC.COC(F)(C(F)F)C(F)(F)F.O=C1OCCO1. The Morgan fingerprint density at radius 1 is 0.933 bits per heavy atom. The Bertz CT molecular complexity index is 472. The maximum Gasteiger partial charge on any atom is 0.508 e. The van der Waals surface area contributed by atoms with Gasteiger partial charge in [-0.15, -0.1) is 0 Å². The number of carbonyl (C=O) groups is 3. The number of halogens is 6. The van der Waals surface area contributed by atoms with Gasteiger partial charge >= 0.3 is 36.9 Å². The van der Waals surface area contributed by atoms with Gasteiger partial charge in [0.15, 0.2) is 0 Å². The van der Waals surface area contributed by atoms with Crippen LogP contribution in [0.3, 0.4) is 0 Å². The van der Waals surface area contributed by atoms with E-state index in [0.29, 0.717) is 19.8 Å². The van der Waals surface area contributed by atoms with Crippen LogP contribution in [-0.4, -0.2) is 85.2 Å². The van der Waals surface area contributed by atoms with E-state index in [1.165, 1.54) is 21.3 Å². The fourth-order valence-corrected chi connectivity index (χ4v) is 0.880. The number of cyclic esters (lactones) is 2. The molecule has 0 saturated carbocycles. The highest BCUT2D eigenvalue weighted by atomic mass is 19.4. The first-order valence-corrected chi connectivity index (χ1v) is 7.48. The molecule has 0 aromatic rings. The van der Waals surface area contributed by atoms with Gasteiger partial charge in [0.1, 0.15) is 13.2 Å². The molecule has 0 amide bonds. The Labute approximate surface area is 167 Å². The minimum absolute atomic E-state index is 0.222. The molecule has 1 rings (SSSR count). The number of hydrogen-bond acceptors (Lipinski definition) is 10. The summed E-state index contributed by atoms with van der Waals surface area (Å²) in [4.78, 5) is 29.5. The molecule has 0 aromatic heterocycles. The highest BCUT2D eigenvalue weighted by Gasteiger charge is 2.64. The first kappa shape index (κ1) is 32.0. The van der Waals surface area contributed by atoms with Crippen LogP contribution in [0.15, 0.2) is 0 Å². The number of ether oxygens (including phenoxy) is 7. The fraction of sp³-hybridized carbons (Fsp3) is 0.786. The van der Waals surface area contributed by atoms with Crippen molar-refractivity contribution in [3.63, 3.8) is 0 Å². The van der Waals surface area contributed by atoms with E-state index in [1.54, 1.807) is 6.92 Å². The lowest BCUT2D eigenvalue weighted by Crippen LogP contribution is -2.48. The largest absolute Gasteiger partial charge is 0.508 e. The maximum absolute atomic E-state index is 12.1. The molecule has 0 N–H and O–H groups in total. The van der Waals surface area contributed by atoms with Gasteiger partial charge in [-0.05, 0) is 6.92 Å². The monoisotopic (exact) mass is 464 g/mol. The first-order chi connectivity index (χ1) is 13.8. The molecule has 1 saturated heterocycles. The fourth-order valence-electron chi connectivity index (χ4n) is 0.880. The van der Waals surface area contributed by atoms with E-state index in [0.717, 1.165) is 0 Å². The van der Waals surface area contributed by atoms with E-state index in [4.69, 9.17) is 0 Å². The van der Waals surface area contributed by atoms with Crippen molar-refractivity contribution in [2.45, 2.75) is 25.4 Å². The molecule has 1 heterocycles. The normalized spacial score (nSPS) is 13.9. The number of alkyl halides is 6. The summed E-state index contributed by atoms with van der Waals surface area (Å²) in [6.45, 7) is 2.92. The van der Waals surface area contributed by atoms with Crippen molar-refractivity contribution in [1.29, 1.82) is 0 Å². The van der Waals surface area contributed by atoms with Crippen LogP contribution in [0, 0.1) is 0 Å². The van der Waals surface area contributed by atoms with Crippen molar-refractivity contribution in [2.75, 3.05) is 48.3 Å². The zero-order chi connectivity index (χ0) is 24.4. The van der Waals surface area contributed by atoms with E-state index in [9.17, 15) is 40.7 Å². The van der Waals surface area contributed by atoms with Gasteiger partial charge in [0, 0.05) is 7.11 Å². The highest BCUT2D eigenvalue weighted by Crippen LogP contribution is 2.39. The van der Waals surface area contributed by atoms with Gasteiger partial charge in [0.05, 0.1) is 27.9 Å². The van der Waals surface area contributed by atoms with Crippen molar-refractivity contribution < 1.29 is 73.9 Å². The lowest BCUT2D eigenvalue weighted by atomic mass is 10.3. The zero-order valence-corrected chi connectivity index (χ0v) is 16.5. The number of methoxy groups -OCH3 is 4. The second-order valence-electron chi connectivity index (χ2n) is 4.14. The third kappa shape index (κ3) is 15.3. The molecular formula is C14H22F6O10. The van der Waals surface area contributed by atoms with Gasteiger partial charge < -0.3 is 33.2 Å². The summed E-state index contributed by atoms with van der Waals surface area (Å²) >= 11 is 0. The molecule has 10 nitrogen and oxygen atoms in total. The molecule has 1 aliphatic heterocycles. The molecule has 0 aromatic carbocycles. The predicted octanol–water partition coefficient (Wildman–Crippen LogP) is 3.47. The van der Waals surface area contributed by atoms with E-state index < -0.39 is 36.9 Å². The van der Waals surface area contributed by atoms with Gasteiger partial charge in [-0.1, -0.05) is 0 Å². The van der Waals surface area contributed by atoms with Gasteiger partial charge in [-0.2, -0.15) is 17.6 Å². The molecule has 1 aliphatic rings. The second-order valence-corrected chi connectivity index (χ2v) is 4.14. The molecule has 16 heteroatoms. The summed E-state index contributed by atoms with van der Waals surface area (Å²) in [5, 5.41) is 0. The van der Waals surface area contributed by atoms with E-state index in [1.807, 2.05) is 0 Å². The van der Waals surface area contributed by atoms with Crippen LogP contribution < -0.4 is 0 Å². The minimum atomic E-state index is -5.71. The molecule has 180 valence electrons.